The van der Waals surface area contributed by atoms with Crippen molar-refractivity contribution in [2.75, 3.05) is 17.7 Å². The van der Waals surface area contributed by atoms with Gasteiger partial charge in [0.25, 0.3) is 5.91 Å². The van der Waals surface area contributed by atoms with Gasteiger partial charge in [0.2, 0.25) is 5.95 Å². The van der Waals surface area contributed by atoms with Crippen molar-refractivity contribution < 1.29 is 9.53 Å². The number of amides is 1. The number of nitrogens with one attached hydrogen (secondary N) is 2. The van der Waals surface area contributed by atoms with Crippen molar-refractivity contribution in [3.8, 4) is 5.75 Å². The van der Waals surface area contributed by atoms with E-state index in [1.54, 1.807) is 19.4 Å². The van der Waals surface area contributed by atoms with Crippen LogP contribution >= 0.6 is 0 Å². The first-order chi connectivity index (χ1) is 12.1. The highest BCUT2D eigenvalue weighted by Crippen LogP contribution is 2.19. The summed E-state index contributed by atoms with van der Waals surface area (Å²) in [6.07, 6.45) is 1.54. The predicted molar refractivity (Wildman–Crippen MR) is 97.4 cm³/mol. The van der Waals surface area contributed by atoms with Crippen molar-refractivity contribution in [1.82, 2.24) is 9.97 Å². The summed E-state index contributed by atoms with van der Waals surface area (Å²) < 4.78 is 5.19. The Hall–Kier alpha value is -3.41. The van der Waals surface area contributed by atoms with Crippen LogP contribution in [-0.4, -0.2) is 23.0 Å². The molecule has 0 fully saturated rings. The van der Waals surface area contributed by atoms with Crippen LogP contribution in [0.1, 0.15) is 16.1 Å². The lowest BCUT2D eigenvalue weighted by molar-refractivity contribution is 0.102. The molecule has 0 unspecified atom stereocenters. The smallest absolute Gasteiger partial charge is 0.274 e. The molecule has 0 saturated heterocycles. The third kappa shape index (κ3) is 4.32. The Balaban J connectivity index is 1.75. The Morgan fingerprint density at radius 1 is 1.04 bits per heavy atom. The van der Waals surface area contributed by atoms with E-state index in [-0.39, 0.29) is 11.6 Å². The molecule has 1 heterocycles. The predicted octanol–water partition coefficient (Wildman–Crippen LogP) is 3.79. The fourth-order valence-electron chi connectivity index (χ4n) is 2.29. The van der Waals surface area contributed by atoms with Crippen LogP contribution in [0.4, 0.5) is 17.3 Å². The number of benzene rings is 2. The van der Waals surface area contributed by atoms with Crippen LogP contribution in [0.5, 0.6) is 5.75 Å². The van der Waals surface area contributed by atoms with Crippen LogP contribution < -0.4 is 15.4 Å². The minimum atomic E-state index is -0.290. The summed E-state index contributed by atoms with van der Waals surface area (Å²) in [6, 6.07) is 16.6. The van der Waals surface area contributed by atoms with Gasteiger partial charge in [-0.25, -0.2) is 9.97 Å². The third-order valence-corrected chi connectivity index (χ3v) is 3.49. The average Bonchev–Trinajstić information content (AvgIpc) is 2.62. The van der Waals surface area contributed by atoms with E-state index >= 15 is 0 Å². The van der Waals surface area contributed by atoms with Crippen LogP contribution in [0.25, 0.3) is 0 Å². The van der Waals surface area contributed by atoms with E-state index in [1.807, 2.05) is 55.5 Å². The second-order valence-corrected chi connectivity index (χ2v) is 5.45. The number of carbonyl (C=O) groups excluding carboxylic acids is 1. The molecule has 0 atom stereocenters. The summed E-state index contributed by atoms with van der Waals surface area (Å²) >= 11 is 0. The van der Waals surface area contributed by atoms with E-state index < -0.39 is 0 Å². The molecule has 6 nitrogen and oxygen atoms in total. The summed E-state index contributed by atoms with van der Waals surface area (Å²) in [6.45, 7) is 1.97. The van der Waals surface area contributed by atoms with Crippen molar-refractivity contribution >= 4 is 23.2 Å². The zero-order valence-corrected chi connectivity index (χ0v) is 14.0. The van der Waals surface area contributed by atoms with Gasteiger partial charge < -0.3 is 15.4 Å². The summed E-state index contributed by atoms with van der Waals surface area (Å²) in [5, 5.41) is 5.90. The Kier molecular flexibility index (Phi) is 4.89. The topological polar surface area (TPSA) is 76.1 Å². The second kappa shape index (κ2) is 7.44. The van der Waals surface area contributed by atoms with Gasteiger partial charge in [0.05, 0.1) is 7.11 Å². The van der Waals surface area contributed by atoms with E-state index in [0.29, 0.717) is 5.95 Å². The molecular formula is C19H18N4O2. The number of rotatable bonds is 5. The summed E-state index contributed by atoms with van der Waals surface area (Å²) in [4.78, 5) is 20.8. The molecule has 1 amide bonds. The molecule has 3 rings (SSSR count). The third-order valence-electron chi connectivity index (χ3n) is 3.49. The molecular weight excluding hydrogens is 316 g/mol. The van der Waals surface area contributed by atoms with Gasteiger partial charge in [-0.1, -0.05) is 18.2 Å². The molecule has 2 aromatic carbocycles. The lowest BCUT2D eigenvalue weighted by atomic mass is 10.2. The van der Waals surface area contributed by atoms with Crippen molar-refractivity contribution in [2.45, 2.75) is 6.92 Å². The molecule has 1 aromatic heterocycles. The first kappa shape index (κ1) is 16.4. The van der Waals surface area contributed by atoms with Gasteiger partial charge in [-0.2, -0.15) is 0 Å². The molecule has 0 aliphatic carbocycles. The minimum Gasteiger partial charge on any atom is -0.497 e. The maximum Gasteiger partial charge on any atom is 0.274 e. The first-order valence-corrected chi connectivity index (χ1v) is 7.76. The normalized spacial score (nSPS) is 10.2. The molecule has 2 N–H and O–H groups in total. The molecule has 3 aromatic rings. The van der Waals surface area contributed by atoms with E-state index in [1.165, 1.54) is 0 Å². The highest BCUT2D eigenvalue weighted by molar-refractivity contribution is 6.03. The zero-order valence-electron chi connectivity index (χ0n) is 14.0. The summed E-state index contributed by atoms with van der Waals surface area (Å²) in [7, 11) is 1.60. The SMILES string of the molecule is COc1cccc(Nc2nccc(C(=O)Nc3cccc(C)c3)n2)c1. The molecule has 0 aliphatic rings. The number of hydrogen-bond donors (Lipinski definition) is 2. The van der Waals surface area contributed by atoms with Crippen molar-refractivity contribution in [3.05, 3.63) is 72.1 Å². The second-order valence-electron chi connectivity index (χ2n) is 5.45. The number of aromatic nitrogens is 2. The Bertz CT molecular complexity index is 896. The summed E-state index contributed by atoms with van der Waals surface area (Å²) in [5.74, 6) is 0.769. The van der Waals surface area contributed by atoms with Crippen LogP contribution in [0.3, 0.4) is 0 Å². The lowest BCUT2D eigenvalue weighted by Gasteiger charge is -2.08. The monoisotopic (exact) mass is 334 g/mol. The molecule has 0 bridgehead atoms. The number of methoxy groups -OCH3 is 1. The van der Waals surface area contributed by atoms with Crippen LogP contribution in [0, 0.1) is 6.92 Å². The summed E-state index contributed by atoms with van der Waals surface area (Å²) in [5.41, 5.74) is 2.85. The molecule has 0 aliphatic heterocycles. The highest BCUT2D eigenvalue weighted by Gasteiger charge is 2.10. The van der Waals surface area contributed by atoms with Crippen molar-refractivity contribution in [2.24, 2.45) is 0 Å². The lowest BCUT2D eigenvalue weighted by Crippen LogP contribution is -2.14. The van der Waals surface area contributed by atoms with Crippen molar-refractivity contribution in [1.29, 1.82) is 0 Å². The maximum absolute atomic E-state index is 12.4. The van der Waals surface area contributed by atoms with Crippen LogP contribution in [-0.2, 0) is 0 Å². The van der Waals surface area contributed by atoms with Gasteiger partial charge in [-0.05, 0) is 42.8 Å². The van der Waals surface area contributed by atoms with Gasteiger partial charge in [0.1, 0.15) is 11.4 Å². The highest BCUT2D eigenvalue weighted by atomic mass is 16.5. The Morgan fingerprint density at radius 3 is 2.64 bits per heavy atom. The molecule has 6 heteroatoms. The zero-order chi connectivity index (χ0) is 17.6. The minimum absolute atomic E-state index is 0.280. The van der Waals surface area contributed by atoms with Gasteiger partial charge in [-0.3, -0.25) is 4.79 Å². The number of anilines is 3. The maximum atomic E-state index is 12.4. The van der Waals surface area contributed by atoms with Gasteiger partial charge >= 0.3 is 0 Å². The van der Waals surface area contributed by atoms with Gasteiger partial charge in [0, 0.05) is 23.6 Å². The number of ether oxygens (including phenoxy) is 1. The van der Waals surface area contributed by atoms with E-state index in [4.69, 9.17) is 4.74 Å². The van der Waals surface area contributed by atoms with E-state index in [2.05, 4.69) is 20.6 Å². The van der Waals surface area contributed by atoms with E-state index in [0.717, 1.165) is 22.7 Å². The number of carbonyl (C=O) groups is 1. The average molecular weight is 334 g/mol. The van der Waals surface area contributed by atoms with Crippen molar-refractivity contribution in [3.63, 3.8) is 0 Å². The molecule has 0 spiro atoms. The van der Waals surface area contributed by atoms with Gasteiger partial charge in [-0.15, -0.1) is 0 Å². The quantitative estimate of drug-likeness (QED) is 0.742. The Morgan fingerprint density at radius 2 is 1.84 bits per heavy atom. The fourth-order valence-corrected chi connectivity index (χ4v) is 2.29. The fraction of sp³-hybridized carbons (Fsp3) is 0.105. The molecule has 126 valence electrons. The van der Waals surface area contributed by atoms with Gasteiger partial charge in [0.15, 0.2) is 0 Å². The number of hydrogen-bond acceptors (Lipinski definition) is 5. The largest absolute Gasteiger partial charge is 0.497 e. The molecule has 0 saturated carbocycles. The molecule has 25 heavy (non-hydrogen) atoms. The molecule has 0 radical (unpaired) electrons. The van der Waals surface area contributed by atoms with Crippen LogP contribution in [0.2, 0.25) is 0 Å². The standard InChI is InChI=1S/C19H18N4O2/c1-13-5-3-6-14(11-13)21-18(24)17-9-10-20-19(23-17)22-15-7-4-8-16(12-15)25-2/h3-12H,1-2H3,(H,21,24)(H,20,22,23). The Labute approximate surface area is 145 Å². The van der Waals surface area contributed by atoms with E-state index in [9.17, 15) is 4.79 Å². The number of aryl methyl sites for hydroxylation is 1. The van der Waals surface area contributed by atoms with Crippen LogP contribution in [0.15, 0.2) is 60.8 Å². The first-order valence-electron chi connectivity index (χ1n) is 7.76. The number of nitrogens with zero attached hydrogens (tertiary/aromatic N) is 2.